The topological polar surface area (TPSA) is 97.3 Å². The summed E-state index contributed by atoms with van der Waals surface area (Å²) in [7, 11) is 1.26. The molecule has 45 heavy (non-hydrogen) atoms. The molecule has 3 aliphatic rings. The number of halogens is 4. The van der Waals surface area contributed by atoms with Crippen LogP contribution in [0.1, 0.15) is 92.6 Å². The highest BCUT2D eigenvalue weighted by Crippen LogP contribution is 2.35. The number of alkyl halides is 3. The average Bonchev–Trinajstić information content (AvgIpc) is 3.73. The Labute approximate surface area is 266 Å². The van der Waals surface area contributed by atoms with Gasteiger partial charge in [-0.1, -0.05) is 44.7 Å². The van der Waals surface area contributed by atoms with E-state index in [4.69, 9.17) is 16.3 Å². The minimum Gasteiger partial charge on any atom is -0.493 e. The van der Waals surface area contributed by atoms with E-state index < -0.39 is 12.1 Å². The van der Waals surface area contributed by atoms with Gasteiger partial charge < -0.3 is 14.8 Å². The Morgan fingerprint density at radius 3 is 2.20 bits per heavy atom. The Morgan fingerprint density at radius 1 is 1.00 bits per heavy atom. The van der Waals surface area contributed by atoms with Gasteiger partial charge in [-0.25, -0.2) is 5.01 Å². The number of methoxy groups -OCH3 is 1. The van der Waals surface area contributed by atoms with Crippen molar-refractivity contribution in [3.8, 4) is 11.5 Å². The predicted molar refractivity (Wildman–Crippen MR) is 164 cm³/mol. The molecule has 0 radical (unpaired) electrons. The third-order valence-electron chi connectivity index (χ3n) is 8.42. The molecule has 2 fully saturated rings. The van der Waals surface area contributed by atoms with Gasteiger partial charge in [0.05, 0.1) is 19.4 Å². The number of rotatable bonds is 9. The van der Waals surface area contributed by atoms with Crippen LogP contribution in [0.25, 0.3) is 0 Å². The second kappa shape index (κ2) is 15.6. The molecule has 0 saturated heterocycles. The van der Waals surface area contributed by atoms with Crippen molar-refractivity contribution in [3.05, 3.63) is 59.2 Å². The van der Waals surface area contributed by atoms with Gasteiger partial charge in [-0.2, -0.15) is 5.10 Å². The molecule has 1 heterocycles. The van der Waals surface area contributed by atoms with Gasteiger partial charge in [0.15, 0.2) is 11.5 Å². The van der Waals surface area contributed by atoms with Crippen LogP contribution in [-0.2, 0) is 16.1 Å². The molecule has 0 spiro atoms. The van der Waals surface area contributed by atoms with Gasteiger partial charge >= 0.3 is 6.36 Å². The van der Waals surface area contributed by atoms with E-state index in [1.54, 1.807) is 30.3 Å². The number of ether oxygens (including phenoxy) is 2. The molecular formula is C33H39ClF3N3O5. The van der Waals surface area contributed by atoms with Crippen LogP contribution in [0.4, 0.5) is 13.2 Å². The molecule has 2 aromatic carbocycles. The van der Waals surface area contributed by atoms with Crippen molar-refractivity contribution in [1.82, 2.24) is 10.3 Å². The van der Waals surface area contributed by atoms with Crippen molar-refractivity contribution in [2.24, 2.45) is 16.9 Å². The number of nitrogens with one attached hydrogen (secondary N) is 1. The third-order valence-corrected chi connectivity index (χ3v) is 8.73. The molecule has 244 valence electrons. The Bertz CT molecular complexity index is 1370. The van der Waals surface area contributed by atoms with Crippen molar-refractivity contribution in [2.45, 2.75) is 90.1 Å². The zero-order valence-electron chi connectivity index (χ0n) is 25.5. The van der Waals surface area contributed by atoms with Gasteiger partial charge in [-0.3, -0.25) is 14.4 Å². The molecule has 1 N–H and O–H groups in total. The molecule has 1 atom stereocenters. The number of hydrogen-bond acceptors (Lipinski definition) is 6. The second-order valence-electron chi connectivity index (χ2n) is 11.6. The standard InChI is InChI=1S/C27H30F3N3O4.C6H9ClO/c1-3-18-15-24(34)33(16-17-8-10-19(11-9-17)26(35)31-21-6-4-5-7-21)32-25(18)20-12-13-22(36-2)23(14-20)37-27(28,29)30;7-6(8)5-3-1-2-4-5/h8-14,18,21H,3-7,15-16H2,1-2H3,(H,31,35);5H,1-4H2. The zero-order valence-corrected chi connectivity index (χ0v) is 26.3. The molecule has 2 saturated carbocycles. The molecule has 0 aromatic heterocycles. The maximum absolute atomic E-state index is 12.9. The van der Waals surface area contributed by atoms with E-state index in [9.17, 15) is 27.6 Å². The van der Waals surface area contributed by atoms with Crippen molar-refractivity contribution < 1.29 is 37.0 Å². The highest BCUT2D eigenvalue weighted by atomic mass is 35.5. The van der Waals surface area contributed by atoms with Gasteiger partial charge in [0.1, 0.15) is 0 Å². The van der Waals surface area contributed by atoms with Crippen LogP contribution in [-0.4, -0.2) is 47.3 Å². The Morgan fingerprint density at radius 2 is 1.64 bits per heavy atom. The van der Waals surface area contributed by atoms with Gasteiger partial charge in [0.25, 0.3) is 5.91 Å². The van der Waals surface area contributed by atoms with E-state index in [0.717, 1.165) is 44.1 Å². The lowest BCUT2D eigenvalue weighted by Gasteiger charge is -2.29. The molecule has 2 aliphatic carbocycles. The monoisotopic (exact) mass is 649 g/mol. The van der Waals surface area contributed by atoms with E-state index in [1.807, 2.05) is 6.92 Å². The SMILES string of the molecule is CCC1CC(=O)N(Cc2ccc(C(=O)NC3CCCC3)cc2)N=C1c1ccc(OC)c(OC(F)(F)F)c1.O=C(Cl)C1CCCC1. The summed E-state index contributed by atoms with van der Waals surface area (Å²) in [5, 5.41) is 8.78. The van der Waals surface area contributed by atoms with E-state index in [0.29, 0.717) is 23.3 Å². The summed E-state index contributed by atoms with van der Waals surface area (Å²) >= 11 is 5.25. The summed E-state index contributed by atoms with van der Waals surface area (Å²) in [5.41, 5.74) is 2.25. The number of carbonyl (C=O) groups excluding carboxylic acids is 3. The van der Waals surface area contributed by atoms with Crippen LogP contribution in [0.5, 0.6) is 11.5 Å². The normalized spacial score (nSPS) is 19.1. The Balaban J connectivity index is 0.000000501. The summed E-state index contributed by atoms with van der Waals surface area (Å²) in [6, 6.07) is 11.4. The summed E-state index contributed by atoms with van der Waals surface area (Å²) in [6.45, 7) is 2.07. The van der Waals surface area contributed by atoms with E-state index >= 15 is 0 Å². The first-order valence-corrected chi connectivity index (χ1v) is 15.8. The molecule has 2 aromatic rings. The fourth-order valence-electron chi connectivity index (χ4n) is 5.90. The van der Waals surface area contributed by atoms with Gasteiger partial charge in [0, 0.05) is 35.4 Å². The number of hydrazone groups is 1. The molecule has 1 aliphatic heterocycles. The molecule has 2 amide bonds. The van der Waals surface area contributed by atoms with Crippen LogP contribution in [0.2, 0.25) is 0 Å². The molecule has 0 bridgehead atoms. The highest BCUT2D eigenvalue weighted by molar-refractivity contribution is 6.64. The van der Waals surface area contributed by atoms with Crippen LogP contribution in [0.3, 0.4) is 0 Å². The van der Waals surface area contributed by atoms with E-state index in [1.165, 1.54) is 37.1 Å². The maximum atomic E-state index is 12.9. The first-order valence-electron chi connectivity index (χ1n) is 15.4. The van der Waals surface area contributed by atoms with Crippen LogP contribution in [0.15, 0.2) is 47.6 Å². The number of carbonyl (C=O) groups is 3. The summed E-state index contributed by atoms with van der Waals surface area (Å²) in [5.74, 6) is -0.890. The average molecular weight is 650 g/mol. The lowest BCUT2D eigenvalue weighted by molar-refractivity contribution is -0.275. The minimum atomic E-state index is -4.88. The van der Waals surface area contributed by atoms with Gasteiger partial charge in [-0.15, -0.1) is 13.2 Å². The first-order chi connectivity index (χ1) is 21.5. The molecular weight excluding hydrogens is 611 g/mol. The number of amides is 2. The summed E-state index contributed by atoms with van der Waals surface area (Å²) in [6.07, 6.45) is 4.54. The number of nitrogens with zero attached hydrogens (tertiary/aromatic N) is 2. The first kappa shape index (κ1) is 34.3. The van der Waals surface area contributed by atoms with Crippen LogP contribution < -0.4 is 14.8 Å². The summed E-state index contributed by atoms with van der Waals surface area (Å²) < 4.78 is 47.9. The highest BCUT2D eigenvalue weighted by Gasteiger charge is 2.34. The largest absolute Gasteiger partial charge is 0.573 e. The van der Waals surface area contributed by atoms with Gasteiger partial charge in [0.2, 0.25) is 11.1 Å². The van der Waals surface area contributed by atoms with Crippen LogP contribution >= 0.6 is 11.6 Å². The fraction of sp³-hybridized carbons (Fsp3) is 0.515. The fourth-order valence-corrected chi connectivity index (χ4v) is 6.12. The minimum absolute atomic E-state index is 0.0597. The van der Waals surface area contributed by atoms with E-state index in [2.05, 4.69) is 15.2 Å². The number of benzene rings is 2. The van der Waals surface area contributed by atoms with Crippen molar-refractivity contribution in [2.75, 3.05) is 7.11 Å². The lowest BCUT2D eigenvalue weighted by Crippen LogP contribution is -2.36. The molecule has 8 nitrogen and oxygen atoms in total. The van der Waals surface area contributed by atoms with Crippen molar-refractivity contribution in [1.29, 1.82) is 0 Å². The molecule has 5 rings (SSSR count). The molecule has 1 unspecified atom stereocenters. The van der Waals surface area contributed by atoms with Crippen LogP contribution in [0, 0.1) is 11.8 Å². The number of hydrogen-bond donors (Lipinski definition) is 1. The zero-order chi connectivity index (χ0) is 32.6. The lowest BCUT2D eigenvalue weighted by atomic mass is 9.89. The predicted octanol–water partition coefficient (Wildman–Crippen LogP) is 7.37. The summed E-state index contributed by atoms with van der Waals surface area (Å²) in [4.78, 5) is 35.7. The molecule has 12 heteroatoms. The Kier molecular flexibility index (Phi) is 11.9. The van der Waals surface area contributed by atoms with Crippen molar-refractivity contribution in [3.63, 3.8) is 0 Å². The second-order valence-corrected chi connectivity index (χ2v) is 12.0. The third kappa shape index (κ3) is 9.69. The smallest absolute Gasteiger partial charge is 0.493 e. The van der Waals surface area contributed by atoms with Gasteiger partial charge in [-0.05, 0) is 79.6 Å². The quantitative estimate of drug-likeness (QED) is 0.286. The van der Waals surface area contributed by atoms with Crippen molar-refractivity contribution >= 4 is 34.4 Å². The maximum Gasteiger partial charge on any atom is 0.573 e. The van der Waals surface area contributed by atoms with E-state index in [-0.39, 0.29) is 53.6 Å². The Hall–Kier alpha value is -3.60.